The van der Waals surface area contributed by atoms with E-state index in [9.17, 15) is 14.4 Å². The fourth-order valence-electron chi connectivity index (χ4n) is 6.67. The van der Waals surface area contributed by atoms with Gasteiger partial charge in [0.25, 0.3) is 0 Å². The Morgan fingerprint density at radius 1 is 1.02 bits per heavy atom. The summed E-state index contributed by atoms with van der Waals surface area (Å²) in [5.74, 6) is 0.554. The van der Waals surface area contributed by atoms with Crippen LogP contribution in [0, 0.1) is 11.3 Å². The number of amides is 3. The molecule has 4 N–H and O–H groups in total. The highest BCUT2D eigenvalue weighted by Crippen LogP contribution is 2.46. The molecule has 0 unspecified atom stereocenters. The third-order valence-electron chi connectivity index (χ3n) is 9.04. The Bertz CT molecular complexity index is 1170. The van der Waals surface area contributed by atoms with Crippen LogP contribution in [0.5, 0.6) is 0 Å². The molecular formula is C31H41ClN6O3. The van der Waals surface area contributed by atoms with Gasteiger partial charge in [-0.25, -0.2) is 4.98 Å². The molecule has 3 heterocycles. The number of pyridine rings is 1. The molecule has 9 nitrogen and oxygen atoms in total. The van der Waals surface area contributed by atoms with E-state index in [0.29, 0.717) is 56.3 Å². The molecule has 2 aliphatic heterocycles. The lowest BCUT2D eigenvalue weighted by Crippen LogP contribution is -2.60. The lowest BCUT2D eigenvalue weighted by molar-refractivity contribution is -0.144. The molecule has 3 fully saturated rings. The number of carbonyl (C=O) groups excluding carboxylic acids is 3. The maximum atomic E-state index is 14.0. The van der Waals surface area contributed by atoms with E-state index in [0.717, 1.165) is 37.8 Å². The Labute approximate surface area is 247 Å². The fraction of sp³-hybridized carbons (Fsp3) is 0.548. The molecular weight excluding hydrogens is 540 g/mol. The van der Waals surface area contributed by atoms with E-state index < -0.39 is 11.5 Å². The van der Waals surface area contributed by atoms with Crippen LogP contribution in [0.4, 0.5) is 5.82 Å². The van der Waals surface area contributed by atoms with Crippen molar-refractivity contribution in [1.82, 2.24) is 25.8 Å². The number of hydrogen-bond donors (Lipinski definition) is 4. The lowest BCUT2D eigenvalue weighted by atomic mass is 9.63. The van der Waals surface area contributed by atoms with Crippen LogP contribution in [0.25, 0.3) is 0 Å². The van der Waals surface area contributed by atoms with Gasteiger partial charge >= 0.3 is 0 Å². The Balaban J connectivity index is 1.31. The molecule has 1 aliphatic carbocycles. The first kappa shape index (κ1) is 29.5. The highest BCUT2D eigenvalue weighted by molar-refractivity contribution is 6.30. The van der Waals surface area contributed by atoms with Crippen LogP contribution >= 0.6 is 11.6 Å². The van der Waals surface area contributed by atoms with Gasteiger partial charge in [0.15, 0.2) is 0 Å². The van der Waals surface area contributed by atoms with Crippen LogP contribution in [0.1, 0.15) is 50.5 Å². The summed E-state index contributed by atoms with van der Waals surface area (Å²) in [5.41, 5.74) is 0.382. The molecule has 0 spiro atoms. The summed E-state index contributed by atoms with van der Waals surface area (Å²) in [4.78, 5) is 47.1. The quantitative estimate of drug-likeness (QED) is 0.381. The number of halogens is 1. The average Bonchev–Trinajstić information content (AvgIpc) is 3.02. The molecule has 41 heavy (non-hydrogen) atoms. The van der Waals surface area contributed by atoms with Crippen molar-refractivity contribution in [2.75, 3.05) is 38.0 Å². The highest BCUT2D eigenvalue weighted by Gasteiger charge is 2.48. The number of likely N-dealkylation sites (tertiary alicyclic amines) is 1. The molecule has 1 saturated carbocycles. The lowest BCUT2D eigenvalue weighted by Gasteiger charge is -2.47. The Hall–Kier alpha value is -3.01. The number of benzene rings is 1. The number of hydrogen-bond acceptors (Lipinski definition) is 6. The van der Waals surface area contributed by atoms with E-state index in [2.05, 4.69) is 26.3 Å². The average molecular weight is 581 g/mol. The maximum Gasteiger partial charge on any atom is 0.245 e. The van der Waals surface area contributed by atoms with E-state index in [4.69, 9.17) is 11.6 Å². The van der Waals surface area contributed by atoms with Crippen molar-refractivity contribution in [2.45, 2.75) is 63.5 Å². The summed E-state index contributed by atoms with van der Waals surface area (Å²) in [6, 6.07) is 11.8. The van der Waals surface area contributed by atoms with Crippen LogP contribution in [-0.2, 0) is 20.8 Å². The number of nitrogens with zero attached hydrogens (tertiary/aromatic N) is 2. The number of aromatic nitrogens is 1. The number of anilines is 1. The van der Waals surface area contributed by atoms with Crippen molar-refractivity contribution >= 4 is 35.1 Å². The molecule has 2 saturated heterocycles. The minimum atomic E-state index is -0.711. The summed E-state index contributed by atoms with van der Waals surface area (Å²) < 4.78 is 0. The number of piperazine rings is 1. The van der Waals surface area contributed by atoms with E-state index >= 15 is 0 Å². The highest BCUT2D eigenvalue weighted by atomic mass is 35.5. The molecule has 220 valence electrons. The van der Waals surface area contributed by atoms with Crippen molar-refractivity contribution in [3.05, 3.63) is 59.2 Å². The summed E-state index contributed by atoms with van der Waals surface area (Å²) in [7, 11) is 0. The smallest absolute Gasteiger partial charge is 0.245 e. The van der Waals surface area contributed by atoms with Gasteiger partial charge in [0.05, 0.1) is 11.5 Å². The molecule has 5 rings (SSSR count). The van der Waals surface area contributed by atoms with Gasteiger partial charge in [-0.3, -0.25) is 14.4 Å². The van der Waals surface area contributed by atoms with Crippen molar-refractivity contribution in [2.24, 2.45) is 11.3 Å². The number of carbonyl (C=O) groups is 3. The summed E-state index contributed by atoms with van der Waals surface area (Å²) in [5, 5.41) is 13.2. The molecule has 2 aromatic rings. The predicted octanol–water partition coefficient (Wildman–Crippen LogP) is 3.15. The summed E-state index contributed by atoms with van der Waals surface area (Å²) in [6.07, 6.45) is 8.76. The standard InChI is InChI=1S/C31H41ClN6O3/c32-24-11-9-22(10-12-24)20-25(36-28(39)26-21-33-16-17-34-26)29(40)38-18-13-31(14-19-38,23-6-2-1-3-7-23)30(41)37-27-8-4-5-15-35-27/h4-5,8-12,15,23,25-26,33-34H,1-3,6-7,13-14,16-21H2,(H,36,39)(H,35,37,41)/t25-,26+/m1/s1. The minimum absolute atomic E-state index is 0.0112. The van der Waals surface area contributed by atoms with Crippen molar-refractivity contribution in [3.63, 3.8) is 0 Å². The third-order valence-corrected chi connectivity index (χ3v) is 9.29. The van der Waals surface area contributed by atoms with E-state index in [1.54, 1.807) is 18.3 Å². The zero-order valence-electron chi connectivity index (χ0n) is 23.5. The van der Waals surface area contributed by atoms with Crippen LogP contribution in [0.15, 0.2) is 48.7 Å². The van der Waals surface area contributed by atoms with Crippen molar-refractivity contribution in [1.29, 1.82) is 0 Å². The zero-order valence-corrected chi connectivity index (χ0v) is 24.3. The summed E-state index contributed by atoms with van der Waals surface area (Å²) >= 11 is 6.09. The Kier molecular flexibility index (Phi) is 9.90. The topological polar surface area (TPSA) is 115 Å². The SMILES string of the molecule is O=C(N[C@H](Cc1ccc(Cl)cc1)C(=O)N1CCC(C(=O)Nc2ccccn2)(C2CCCCC2)CC1)[C@@H]1CNCCN1. The van der Waals surface area contributed by atoms with Crippen molar-refractivity contribution in [3.8, 4) is 0 Å². The molecule has 0 radical (unpaired) electrons. The van der Waals surface area contributed by atoms with Gasteiger partial charge < -0.3 is 26.2 Å². The predicted molar refractivity (Wildman–Crippen MR) is 159 cm³/mol. The normalized spacial score (nSPS) is 22.0. The largest absolute Gasteiger partial charge is 0.343 e. The first-order chi connectivity index (χ1) is 19.9. The molecule has 3 amide bonds. The van der Waals surface area contributed by atoms with Gasteiger partial charge in [-0.05, 0) is 61.4 Å². The Morgan fingerprint density at radius 2 is 1.78 bits per heavy atom. The van der Waals surface area contributed by atoms with Crippen LogP contribution in [-0.4, -0.2) is 72.4 Å². The number of nitrogens with one attached hydrogen (secondary N) is 4. The van der Waals surface area contributed by atoms with Crippen LogP contribution in [0.3, 0.4) is 0 Å². The monoisotopic (exact) mass is 580 g/mol. The first-order valence-corrected chi connectivity index (χ1v) is 15.3. The molecule has 10 heteroatoms. The Morgan fingerprint density at radius 3 is 2.44 bits per heavy atom. The van der Waals surface area contributed by atoms with E-state index in [-0.39, 0.29) is 29.7 Å². The maximum absolute atomic E-state index is 14.0. The number of piperidine rings is 1. The van der Waals surface area contributed by atoms with Crippen LogP contribution in [0.2, 0.25) is 5.02 Å². The molecule has 1 aromatic carbocycles. The second-order valence-corrected chi connectivity index (χ2v) is 12.0. The second kappa shape index (κ2) is 13.8. The van der Waals surface area contributed by atoms with Gasteiger partial charge in [0.1, 0.15) is 11.9 Å². The van der Waals surface area contributed by atoms with Gasteiger partial charge in [0.2, 0.25) is 17.7 Å². The van der Waals surface area contributed by atoms with Gasteiger partial charge in [-0.15, -0.1) is 0 Å². The van der Waals surface area contributed by atoms with Gasteiger partial charge in [-0.2, -0.15) is 0 Å². The molecule has 1 aromatic heterocycles. The third kappa shape index (κ3) is 7.26. The van der Waals surface area contributed by atoms with Gasteiger partial charge in [0, 0.05) is 50.4 Å². The fourth-order valence-corrected chi connectivity index (χ4v) is 6.79. The van der Waals surface area contributed by atoms with E-state index in [1.807, 2.05) is 35.2 Å². The summed E-state index contributed by atoms with van der Waals surface area (Å²) in [6.45, 7) is 2.97. The second-order valence-electron chi connectivity index (χ2n) is 11.6. The molecule has 3 aliphatic rings. The molecule has 2 atom stereocenters. The van der Waals surface area contributed by atoms with Gasteiger partial charge in [-0.1, -0.05) is 49.1 Å². The van der Waals surface area contributed by atoms with E-state index in [1.165, 1.54) is 6.42 Å². The van der Waals surface area contributed by atoms with Crippen molar-refractivity contribution < 1.29 is 14.4 Å². The molecule has 0 bridgehead atoms. The first-order valence-electron chi connectivity index (χ1n) is 14.9. The number of rotatable bonds is 8. The minimum Gasteiger partial charge on any atom is -0.343 e. The van der Waals surface area contributed by atoms with Crippen LogP contribution < -0.4 is 21.3 Å². The zero-order chi connectivity index (χ0) is 28.7.